The van der Waals surface area contributed by atoms with Crippen molar-refractivity contribution >= 4 is 37.0 Å². The van der Waals surface area contributed by atoms with Crippen molar-refractivity contribution in [3.8, 4) is 0 Å². The third-order valence-corrected chi connectivity index (χ3v) is 6.55. The zero-order chi connectivity index (χ0) is 15.8. The van der Waals surface area contributed by atoms with Crippen molar-refractivity contribution in [2.24, 2.45) is 0 Å². The highest BCUT2D eigenvalue weighted by molar-refractivity contribution is 8.00. The SMILES string of the molecule is CCCCCCCC(S)CSCC(S)CCCCCCC. The highest BCUT2D eigenvalue weighted by Gasteiger charge is 2.07. The van der Waals surface area contributed by atoms with Crippen LogP contribution in [0.3, 0.4) is 0 Å². The lowest BCUT2D eigenvalue weighted by molar-refractivity contribution is 0.607. The maximum absolute atomic E-state index is 4.72. The zero-order valence-electron chi connectivity index (χ0n) is 14.4. The Morgan fingerprint density at radius 3 is 1.38 bits per heavy atom. The summed E-state index contributed by atoms with van der Waals surface area (Å²) >= 11 is 11.5. The van der Waals surface area contributed by atoms with E-state index in [4.69, 9.17) is 25.3 Å². The van der Waals surface area contributed by atoms with E-state index in [1.165, 1.54) is 88.6 Å². The maximum Gasteiger partial charge on any atom is 0.0107 e. The molecule has 0 aliphatic rings. The van der Waals surface area contributed by atoms with Crippen LogP contribution in [-0.4, -0.2) is 22.0 Å². The van der Waals surface area contributed by atoms with Crippen LogP contribution < -0.4 is 0 Å². The van der Waals surface area contributed by atoms with Gasteiger partial charge in [0.1, 0.15) is 0 Å². The van der Waals surface area contributed by atoms with E-state index in [1.54, 1.807) is 0 Å². The number of unbranched alkanes of at least 4 members (excludes halogenated alkanes) is 8. The molecule has 0 saturated carbocycles. The topological polar surface area (TPSA) is 0 Å². The van der Waals surface area contributed by atoms with Gasteiger partial charge in [0, 0.05) is 22.0 Å². The first-order chi connectivity index (χ1) is 10.2. The molecule has 0 aliphatic carbocycles. The largest absolute Gasteiger partial charge is 0.175 e. The molecule has 21 heavy (non-hydrogen) atoms. The van der Waals surface area contributed by atoms with Gasteiger partial charge in [-0.1, -0.05) is 78.1 Å². The first-order valence-electron chi connectivity index (χ1n) is 9.14. The minimum Gasteiger partial charge on any atom is -0.175 e. The van der Waals surface area contributed by atoms with E-state index in [2.05, 4.69) is 25.6 Å². The lowest BCUT2D eigenvalue weighted by atomic mass is 10.1. The second kappa shape index (κ2) is 17.4. The fourth-order valence-electron chi connectivity index (χ4n) is 2.47. The Bertz CT molecular complexity index is 177. The van der Waals surface area contributed by atoms with Crippen molar-refractivity contribution in [2.45, 2.75) is 101 Å². The number of hydrogen-bond acceptors (Lipinski definition) is 3. The average Bonchev–Trinajstić information content (AvgIpc) is 2.47. The van der Waals surface area contributed by atoms with Crippen molar-refractivity contribution in [3.05, 3.63) is 0 Å². The highest BCUT2D eigenvalue weighted by Crippen LogP contribution is 2.19. The summed E-state index contributed by atoms with van der Waals surface area (Å²) in [5, 5.41) is 1.17. The molecule has 3 heteroatoms. The first kappa shape index (κ1) is 22.1. The zero-order valence-corrected chi connectivity index (χ0v) is 17.0. The Morgan fingerprint density at radius 2 is 1.00 bits per heavy atom. The summed E-state index contributed by atoms with van der Waals surface area (Å²) in [7, 11) is 0. The quantitative estimate of drug-likeness (QED) is 0.222. The Balaban J connectivity index is 3.30. The van der Waals surface area contributed by atoms with Gasteiger partial charge >= 0.3 is 0 Å². The second-order valence-corrected chi connectivity index (χ2v) is 8.79. The molecule has 0 radical (unpaired) electrons. The standard InChI is InChI=1S/C18H38S3/c1-3-5-7-9-11-13-17(19)15-21-16-18(20)14-12-10-8-6-4-2/h17-20H,3-16H2,1-2H3. The Hall–Kier alpha value is 1.05. The van der Waals surface area contributed by atoms with E-state index >= 15 is 0 Å². The Morgan fingerprint density at radius 1 is 0.619 bits per heavy atom. The lowest BCUT2D eigenvalue weighted by Crippen LogP contribution is -2.08. The molecule has 0 bridgehead atoms. The molecule has 0 aromatic rings. The van der Waals surface area contributed by atoms with Gasteiger partial charge in [-0.2, -0.15) is 37.0 Å². The molecule has 0 aromatic carbocycles. The molecular formula is C18H38S3. The fourth-order valence-corrected chi connectivity index (χ4v) is 4.48. The summed E-state index contributed by atoms with van der Waals surface area (Å²) in [5.41, 5.74) is 0. The molecule has 2 unspecified atom stereocenters. The third kappa shape index (κ3) is 17.2. The summed E-state index contributed by atoms with van der Waals surface area (Å²) < 4.78 is 0. The van der Waals surface area contributed by atoms with Crippen LogP contribution in [0.15, 0.2) is 0 Å². The van der Waals surface area contributed by atoms with Gasteiger partial charge < -0.3 is 0 Å². The van der Waals surface area contributed by atoms with Crippen LogP contribution >= 0.6 is 37.0 Å². The van der Waals surface area contributed by atoms with Gasteiger partial charge in [0.15, 0.2) is 0 Å². The molecule has 0 amide bonds. The van der Waals surface area contributed by atoms with Crippen molar-refractivity contribution in [2.75, 3.05) is 11.5 Å². The summed E-state index contributed by atoms with van der Waals surface area (Å²) in [6, 6.07) is 0. The molecule has 0 aliphatic heterocycles. The summed E-state index contributed by atoms with van der Waals surface area (Å²) in [5.74, 6) is 2.40. The molecule has 0 spiro atoms. The van der Waals surface area contributed by atoms with E-state index in [-0.39, 0.29) is 0 Å². The fraction of sp³-hybridized carbons (Fsp3) is 1.00. The molecule has 0 fully saturated rings. The molecular weight excluding hydrogens is 312 g/mol. The molecule has 0 rings (SSSR count). The summed E-state index contributed by atoms with van der Waals surface area (Å²) in [6.07, 6.45) is 16.3. The Kier molecular flexibility index (Phi) is 18.3. The molecule has 0 nitrogen and oxygen atoms in total. The van der Waals surface area contributed by atoms with Crippen LogP contribution in [0.25, 0.3) is 0 Å². The summed E-state index contributed by atoms with van der Waals surface area (Å²) in [4.78, 5) is 0. The smallest absolute Gasteiger partial charge is 0.0107 e. The number of hydrogen-bond donors (Lipinski definition) is 2. The molecule has 0 saturated heterocycles. The van der Waals surface area contributed by atoms with E-state index in [9.17, 15) is 0 Å². The minimum atomic E-state index is 0.585. The van der Waals surface area contributed by atoms with E-state index in [0.29, 0.717) is 10.5 Å². The predicted octanol–water partition coefficient (Wildman–Crippen LogP) is 7.04. The van der Waals surface area contributed by atoms with Crippen LogP contribution in [0, 0.1) is 0 Å². The summed E-state index contributed by atoms with van der Waals surface area (Å²) in [6.45, 7) is 4.55. The van der Waals surface area contributed by atoms with Crippen LogP contribution in [0.2, 0.25) is 0 Å². The van der Waals surface area contributed by atoms with Crippen molar-refractivity contribution in [1.29, 1.82) is 0 Å². The van der Waals surface area contributed by atoms with E-state index in [0.717, 1.165) is 0 Å². The maximum atomic E-state index is 4.72. The monoisotopic (exact) mass is 350 g/mol. The van der Waals surface area contributed by atoms with Gasteiger partial charge in [-0.3, -0.25) is 0 Å². The van der Waals surface area contributed by atoms with Crippen LogP contribution in [0.4, 0.5) is 0 Å². The third-order valence-electron chi connectivity index (χ3n) is 3.90. The molecule has 0 heterocycles. The Labute approximate surface area is 149 Å². The van der Waals surface area contributed by atoms with Crippen molar-refractivity contribution < 1.29 is 0 Å². The second-order valence-electron chi connectivity index (χ2n) is 6.25. The predicted molar refractivity (Wildman–Crippen MR) is 110 cm³/mol. The van der Waals surface area contributed by atoms with Gasteiger partial charge in [-0.25, -0.2) is 0 Å². The van der Waals surface area contributed by atoms with Crippen LogP contribution in [0.5, 0.6) is 0 Å². The van der Waals surface area contributed by atoms with Crippen molar-refractivity contribution in [3.63, 3.8) is 0 Å². The van der Waals surface area contributed by atoms with Gasteiger partial charge in [-0.05, 0) is 12.8 Å². The number of rotatable bonds is 16. The lowest BCUT2D eigenvalue weighted by Gasteiger charge is -2.13. The van der Waals surface area contributed by atoms with Gasteiger partial charge in [-0.15, -0.1) is 0 Å². The average molecular weight is 351 g/mol. The van der Waals surface area contributed by atoms with E-state index < -0.39 is 0 Å². The van der Waals surface area contributed by atoms with Gasteiger partial charge in [0.2, 0.25) is 0 Å². The minimum absolute atomic E-state index is 0.585. The van der Waals surface area contributed by atoms with Gasteiger partial charge in [0.25, 0.3) is 0 Å². The highest BCUT2D eigenvalue weighted by atomic mass is 32.2. The normalized spacial score (nSPS) is 14.3. The molecule has 128 valence electrons. The van der Waals surface area contributed by atoms with Crippen LogP contribution in [-0.2, 0) is 0 Å². The number of thioether (sulfide) groups is 1. The first-order valence-corrected chi connectivity index (χ1v) is 11.3. The van der Waals surface area contributed by atoms with E-state index in [1.807, 2.05) is 0 Å². The molecule has 0 N–H and O–H groups in total. The molecule has 0 aromatic heterocycles. The van der Waals surface area contributed by atoms with Gasteiger partial charge in [0.05, 0.1) is 0 Å². The molecule has 2 atom stereocenters. The van der Waals surface area contributed by atoms with Crippen LogP contribution in [0.1, 0.15) is 90.9 Å². The van der Waals surface area contributed by atoms with Crippen molar-refractivity contribution in [1.82, 2.24) is 0 Å². The number of thiol groups is 2.